The summed E-state index contributed by atoms with van der Waals surface area (Å²) in [6, 6.07) is 10.5. The minimum atomic E-state index is -1.01. The van der Waals surface area contributed by atoms with Gasteiger partial charge in [0.1, 0.15) is 5.75 Å². The number of fused-ring (bicyclic) bond motifs is 1. The molecule has 3 N–H and O–H groups in total. The number of aromatic carboxylic acids is 1. The van der Waals surface area contributed by atoms with E-state index in [9.17, 15) is 14.7 Å². The molecule has 3 aromatic rings. The first kappa shape index (κ1) is 14.0. The number of nitrogens with one attached hydrogen (secondary N) is 1. The fourth-order valence-corrected chi connectivity index (χ4v) is 2.83. The van der Waals surface area contributed by atoms with Gasteiger partial charge in [0.25, 0.3) is 5.91 Å². The van der Waals surface area contributed by atoms with Crippen LogP contribution in [0, 0.1) is 0 Å². The molecule has 0 saturated heterocycles. The van der Waals surface area contributed by atoms with E-state index in [0.29, 0.717) is 20.9 Å². The summed E-state index contributed by atoms with van der Waals surface area (Å²) in [5.41, 5.74) is 1.09. The second kappa shape index (κ2) is 5.45. The van der Waals surface area contributed by atoms with Crippen LogP contribution in [0.25, 0.3) is 10.2 Å². The number of phenolic OH excluding ortho intramolecular Hbond substituents is 1. The summed E-state index contributed by atoms with van der Waals surface area (Å²) in [5.74, 6) is -1.41. The highest BCUT2D eigenvalue weighted by Crippen LogP contribution is 2.27. The van der Waals surface area contributed by atoms with Gasteiger partial charge in [-0.2, -0.15) is 0 Å². The van der Waals surface area contributed by atoms with Crippen LogP contribution in [0.4, 0.5) is 5.13 Å². The van der Waals surface area contributed by atoms with Crippen LogP contribution < -0.4 is 5.32 Å². The number of carbonyl (C=O) groups is 2. The van der Waals surface area contributed by atoms with E-state index < -0.39 is 11.9 Å². The summed E-state index contributed by atoms with van der Waals surface area (Å²) < 4.78 is 0.672. The number of thiazole rings is 1. The Bertz CT molecular complexity index is 888. The molecule has 2 aromatic carbocycles. The van der Waals surface area contributed by atoms with Gasteiger partial charge in [-0.3, -0.25) is 10.1 Å². The number of anilines is 1. The van der Waals surface area contributed by atoms with E-state index in [4.69, 9.17) is 5.11 Å². The van der Waals surface area contributed by atoms with E-state index in [1.54, 1.807) is 18.2 Å². The maximum absolute atomic E-state index is 12.1. The molecule has 0 aliphatic rings. The third-order valence-corrected chi connectivity index (χ3v) is 3.90. The number of carbonyl (C=O) groups excluding carboxylic acids is 1. The van der Waals surface area contributed by atoms with Gasteiger partial charge < -0.3 is 10.2 Å². The van der Waals surface area contributed by atoms with Gasteiger partial charge in [0.05, 0.1) is 15.8 Å². The Morgan fingerprint density at radius 3 is 2.64 bits per heavy atom. The number of hydrogen-bond donors (Lipinski definition) is 3. The molecule has 1 aromatic heterocycles. The molecule has 1 heterocycles. The average molecular weight is 314 g/mol. The first-order valence-electron chi connectivity index (χ1n) is 6.27. The lowest BCUT2D eigenvalue weighted by molar-refractivity contribution is 0.0697. The smallest absolute Gasteiger partial charge is 0.335 e. The predicted molar refractivity (Wildman–Crippen MR) is 82.6 cm³/mol. The quantitative estimate of drug-likeness (QED) is 0.690. The zero-order chi connectivity index (χ0) is 15.7. The molecule has 0 fully saturated rings. The Kier molecular flexibility index (Phi) is 3.48. The summed E-state index contributed by atoms with van der Waals surface area (Å²) in [6.07, 6.45) is 0. The van der Waals surface area contributed by atoms with Crippen molar-refractivity contribution < 1.29 is 19.8 Å². The van der Waals surface area contributed by atoms with Crippen molar-refractivity contribution in [2.45, 2.75) is 0 Å². The summed E-state index contributed by atoms with van der Waals surface area (Å²) in [4.78, 5) is 27.2. The lowest BCUT2D eigenvalue weighted by Crippen LogP contribution is -2.11. The summed E-state index contributed by atoms with van der Waals surface area (Å²) in [7, 11) is 0. The lowest BCUT2D eigenvalue weighted by atomic mass is 10.2. The third-order valence-electron chi connectivity index (χ3n) is 2.96. The standard InChI is InChI=1S/C15H10N2O4S/c18-10-3-1-2-8(6-10)13(19)17-15-16-11-5-4-9(14(20)21)7-12(11)22-15/h1-7,18H,(H,20,21)(H,16,17,19). The van der Waals surface area contributed by atoms with Crippen molar-refractivity contribution in [2.24, 2.45) is 0 Å². The van der Waals surface area contributed by atoms with Gasteiger partial charge in [0.15, 0.2) is 5.13 Å². The van der Waals surface area contributed by atoms with Crippen molar-refractivity contribution in [3.8, 4) is 5.75 Å². The summed E-state index contributed by atoms with van der Waals surface area (Å²) in [5, 5.41) is 21.3. The molecule has 6 nitrogen and oxygen atoms in total. The van der Waals surface area contributed by atoms with Crippen LogP contribution in [0.2, 0.25) is 0 Å². The number of aromatic hydroxyl groups is 1. The molecule has 0 bridgehead atoms. The Morgan fingerprint density at radius 2 is 1.91 bits per heavy atom. The molecule has 22 heavy (non-hydrogen) atoms. The normalized spacial score (nSPS) is 10.5. The van der Waals surface area contributed by atoms with E-state index in [-0.39, 0.29) is 11.3 Å². The Balaban J connectivity index is 1.87. The molecule has 0 spiro atoms. The molecule has 110 valence electrons. The molecule has 3 rings (SSSR count). The number of nitrogens with zero attached hydrogens (tertiary/aromatic N) is 1. The van der Waals surface area contributed by atoms with E-state index in [0.717, 1.165) is 0 Å². The fourth-order valence-electron chi connectivity index (χ4n) is 1.93. The molecule has 0 aliphatic carbocycles. The zero-order valence-corrected chi connectivity index (χ0v) is 11.9. The topological polar surface area (TPSA) is 99.5 Å². The van der Waals surface area contributed by atoms with Gasteiger partial charge >= 0.3 is 5.97 Å². The minimum Gasteiger partial charge on any atom is -0.508 e. The molecular formula is C15H10N2O4S. The van der Waals surface area contributed by atoms with Crippen molar-refractivity contribution in [1.82, 2.24) is 4.98 Å². The molecule has 0 saturated carbocycles. The SMILES string of the molecule is O=C(O)c1ccc2nc(NC(=O)c3cccc(O)c3)sc2c1. The number of aromatic nitrogens is 1. The highest BCUT2D eigenvalue weighted by Gasteiger charge is 2.12. The second-order valence-corrected chi connectivity index (χ2v) is 5.54. The van der Waals surface area contributed by atoms with E-state index in [2.05, 4.69) is 10.3 Å². The van der Waals surface area contributed by atoms with Crippen LogP contribution in [0.1, 0.15) is 20.7 Å². The van der Waals surface area contributed by atoms with E-state index >= 15 is 0 Å². The first-order chi connectivity index (χ1) is 10.5. The minimum absolute atomic E-state index is 0.00282. The van der Waals surface area contributed by atoms with Crippen molar-refractivity contribution in [3.05, 3.63) is 53.6 Å². The number of amides is 1. The third kappa shape index (κ3) is 2.75. The molecule has 7 heteroatoms. The Hall–Kier alpha value is -2.93. The Morgan fingerprint density at radius 1 is 1.09 bits per heavy atom. The molecule has 0 aliphatic heterocycles. The van der Waals surface area contributed by atoms with Crippen LogP contribution in [0.15, 0.2) is 42.5 Å². The maximum Gasteiger partial charge on any atom is 0.335 e. The fraction of sp³-hybridized carbons (Fsp3) is 0. The van der Waals surface area contributed by atoms with Crippen LogP contribution in [-0.2, 0) is 0 Å². The van der Waals surface area contributed by atoms with E-state index in [1.165, 1.54) is 35.6 Å². The maximum atomic E-state index is 12.1. The monoisotopic (exact) mass is 314 g/mol. The zero-order valence-electron chi connectivity index (χ0n) is 11.1. The highest BCUT2D eigenvalue weighted by atomic mass is 32.1. The number of benzene rings is 2. The average Bonchev–Trinajstić information content (AvgIpc) is 2.88. The number of rotatable bonds is 3. The van der Waals surface area contributed by atoms with Crippen molar-refractivity contribution >= 4 is 38.6 Å². The van der Waals surface area contributed by atoms with Gasteiger partial charge in [-0.1, -0.05) is 17.4 Å². The van der Waals surface area contributed by atoms with Crippen molar-refractivity contribution in [3.63, 3.8) is 0 Å². The largest absolute Gasteiger partial charge is 0.508 e. The van der Waals surface area contributed by atoms with Gasteiger partial charge in [0.2, 0.25) is 0 Å². The Labute approximate surface area is 128 Å². The van der Waals surface area contributed by atoms with Gasteiger partial charge in [-0.25, -0.2) is 9.78 Å². The van der Waals surface area contributed by atoms with Gasteiger partial charge in [-0.15, -0.1) is 0 Å². The summed E-state index contributed by atoms with van der Waals surface area (Å²) in [6.45, 7) is 0. The predicted octanol–water partition coefficient (Wildman–Crippen LogP) is 2.95. The molecule has 0 unspecified atom stereocenters. The lowest BCUT2D eigenvalue weighted by Gasteiger charge is -2.01. The molecule has 0 radical (unpaired) electrons. The van der Waals surface area contributed by atoms with Crippen LogP contribution in [0.5, 0.6) is 5.75 Å². The number of hydrogen-bond acceptors (Lipinski definition) is 5. The highest BCUT2D eigenvalue weighted by molar-refractivity contribution is 7.22. The van der Waals surface area contributed by atoms with Crippen molar-refractivity contribution in [2.75, 3.05) is 5.32 Å². The van der Waals surface area contributed by atoms with Gasteiger partial charge in [0, 0.05) is 5.56 Å². The molecule has 1 amide bonds. The molecular weight excluding hydrogens is 304 g/mol. The summed E-state index contributed by atoms with van der Waals surface area (Å²) >= 11 is 1.19. The number of carboxylic acids is 1. The van der Waals surface area contributed by atoms with E-state index in [1.807, 2.05) is 0 Å². The molecule has 0 atom stereocenters. The van der Waals surface area contributed by atoms with Gasteiger partial charge in [-0.05, 0) is 36.4 Å². The van der Waals surface area contributed by atoms with Crippen molar-refractivity contribution in [1.29, 1.82) is 0 Å². The number of phenols is 1. The van der Waals surface area contributed by atoms with Crippen LogP contribution >= 0.6 is 11.3 Å². The van der Waals surface area contributed by atoms with Crippen LogP contribution in [0.3, 0.4) is 0 Å². The number of carboxylic acid groups (broad SMARTS) is 1. The first-order valence-corrected chi connectivity index (χ1v) is 7.09. The van der Waals surface area contributed by atoms with Crippen LogP contribution in [-0.4, -0.2) is 27.1 Å². The second-order valence-electron chi connectivity index (χ2n) is 4.51.